The normalized spacial score (nSPS) is 14.0. The Kier molecular flexibility index (Phi) is 3.85. The molecule has 4 N–H and O–H groups in total. The second kappa shape index (κ2) is 5.31. The predicted molar refractivity (Wildman–Crippen MR) is 82.7 cm³/mol. The highest BCUT2D eigenvalue weighted by molar-refractivity contribution is 6.02. The highest BCUT2D eigenvalue weighted by Crippen LogP contribution is 2.26. The maximum absolute atomic E-state index is 12.1. The molecule has 1 heterocycles. The van der Waals surface area contributed by atoms with E-state index in [4.69, 9.17) is 11.5 Å². The number of benzene rings is 1. The first-order valence-corrected chi connectivity index (χ1v) is 6.21. The van der Waals surface area contributed by atoms with Crippen molar-refractivity contribution < 1.29 is 4.79 Å². The van der Waals surface area contributed by atoms with Crippen molar-refractivity contribution in [3.63, 3.8) is 0 Å². The lowest BCUT2D eigenvalue weighted by atomic mass is 9.95. The Hall–Kier alpha value is -2.18. The number of hydrogen-bond acceptors (Lipinski definition) is 6. The van der Waals surface area contributed by atoms with Crippen molar-refractivity contribution in [2.24, 2.45) is 5.73 Å². The molecule has 6 nitrogen and oxygen atoms in total. The molecule has 0 saturated carbocycles. The fraction of sp³-hybridized carbons (Fsp3) is 0.214. The Balaban J connectivity index is 0.00000161. The van der Waals surface area contributed by atoms with Crippen molar-refractivity contribution in [2.75, 3.05) is 17.2 Å². The molecule has 0 amide bonds. The van der Waals surface area contributed by atoms with Crippen LogP contribution in [-0.4, -0.2) is 12.3 Å². The van der Waals surface area contributed by atoms with Gasteiger partial charge in [0.2, 0.25) is 0 Å². The molecular formula is C14H14ClN3O3. The number of carbonyl (C=O) groups is 1. The van der Waals surface area contributed by atoms with E-state index in [2.05, 4.69) is 0 Å². The summed E-state index contributed by atoms with van der Waals surface area (Å²) in [5.41, 5.74) is 12.3. The molecule has 110 valence electrons. The number of halogens is 1. The first kappa shape index (κ1) is 15.2. The number of fused-ring (bicyclic) bond motifs is 1. The first-order valence-electron chi connectivity index (χ1n) is 6.21. The molecule has 2 aromatic carbocycles. The monoisotopic (exact) mass is 307 g/mol. The van der Waals surface area contributed by atoms with Crippen molar-refractivity contribution in [3.8, 4) is 0 Å². The number of nitrogens with zero attached hydrogens (tertiary/aromatic N) is 1. The van der Waals surface area contributed by atoms with Crippen LogP contribution in [0.1, 0.15) is 21.5 Å². The Labute approximate surface area is 126 Å². The minimum atomic E-state index is -0.672. The molecule has 7 heteroatoms. The van der Waals surface area contributed by atoms with Crippen molar-refractivity contribution in [1.29, 1.82) is 0 Å². The molecule has 0 saturated heterocycles. The van der Waals surface area contributed by atoms with Gasteiger partial charge in [0.15, 0.2) is 5.78 Å². The lowest BCUT2D eigenvalue weighted by Gasteiger charge is -2.30. The number of hydrogen-bond donors (Lipinski definition) is 2. The van der Waals surface area contributed by atoms with E-state index in [0.717, 1.165) is 11.1 Å². The minimum absolute atomic E-state index is 0. The smallest absolute Gasteiger partial charge is 0.253 e. The van der Waals surface area contributed by atoms with E-state index >= 15 is 0 Å². The van der Waals surface area contributed by atoms with Crippen molar-refractivity contribution in [1.82, 2.24) is 0 Å². The van der Waals surface area contributed by atoms with Crippen molar-refractivity contribution in [3.05, 3.63) is 55.3 Å². The highest BCUT2D eigenvalue weighted by atomic mass is 35.5. The van der Waals surface area contributed by atoms with Gasteiger partial charge in [0.05, 0.1) is 6.54 Å². The van der Waals surface area contributed by atoms with E-state index in [1.54, 1.807) is 11.0 Å². The van der Waals surface area contributed by atoms with Crippen LogP contribution in [0.5, 0.6) is 0 Å². The summed E-state index contributed by atoms with van der Waals surface area (Å²) in [5, 5.41) is 0. The molecular weight excluding hydrogens is 294 g/mol. The molecule has 0 fully saturated rings. The van der Waals surface area contributed by atoms with E-state index in [9.17, 15) is 14.4 Å². The SMILES string of the molecule is Cl.NCc1ccc2c(c1)CN(c1c(N)c(=O)c1=O)CC2=O. The van der Waals surface area contributed by atoms with Gasteiger partial charge < -0.3 is 16.4 Å². The maximum atomic E-state index is 12.1. The summed E-state index contributed by atoms with van der Waals surface area (Å²) in [6.07, 6.45) is 0. The van der Waals surface area contributed by atoms with Gasteiger partial charge in [-0.25, -0.2) is 0 Å². The summed E-state index contributed by atoms with van der Waals surface area (Å²) < 4.78 is 0. The minimum Gasteiger partial charge on any atom is -0.394 e. The van der Waals surface area contributed by atoms with E-state index < -0.39 is 10.9 Å². The van der Waals surface area contributed by atoms with Crippen LogP contribution in [0.4, 0.5) is 11.4 Å². The molecule has 1 aliphatic heterocycles. The van der Waals surface area contributed by atoms with Crippen LogP contribution < -0.4 is 27.2 Å². The summed E-state index contributed by atoms with van der Waals surface area (Å²) in [5.74, 6) is -0.0951. The topological polar surface area (TPSA) is 106 Å². The summed E-state index contributed by atoms with van der Waals surface area (Å²) in [6, 6.07) is 5.42. The number of ketones is 1. The second-order valence-corrected chi connectivity index (χ2v) is 4.90. The Morgan fingerprint density at radius 3 is 2.43 bits per heavy atom. The molecule has 0 aliphatic carbocycles. The van der Waals surface area contributed by atoms with Crippen LogP contribution >= 0.6 is 12.4 Å². The van der Waals surface area contributed by atoms with Crippen LogP contribution in [0.2, 0.25) is 0 Å². The molecule has 21 heavy (non-hydrogen) atoms. The van der Waals surface area contributed by atoms with E-state index in [1.807, 2.05) is 12.1 Å². The average molecular weight is 308 g/mol. The molecule has 1 aliphatic rings. The third-order valence-corrected chi connectivity index (χ3v) is 3.64. The van der Waals surface area contributed by atoms with Crippen molar-refractivity contribution >= 4 is 29.6 Å². The predicted octanol–water partition coefficient (Wildman–Crippen LogP) is -0.0518. The number of rotatable bonds is 2. The third kappa shape index (κ3) is 2.22. The van der Waals surface area contributed by atoms with Gasteiger partial charge in [-0.3, -0.25) is 14.4 Å². The van der Waals surface area contributed by atoms with Gasteiger partial charge in [0, 0.05) is 18.7 Å². The van der Waals surface area contributed by atoms with Gasteiger partial charge in [-0.1, -0.05) is 18.2 Å². The Morgan fingerprint density at radius 1 is 1.10 bits per heavy atom. The van der Waals surface area contributed by atoms with Gasteiger partial charge in [-0.15, -0.1) is 12.4 Å². The molecule has 0 unspecified atom stereocenters. The number of Topliss-reactive ketones (excluding diaryl/α,β-unsaturated/α-hetero) is 1. The summed E-state index contributed by atoms with van der Waals surface area (Å²) in [4.78, 5) is 36.4. The number of carbonyl (C=O) groups excluding carboxylic acids is 1. The molecule has 0 bridgehead atoms. The van der Waals surface area contributed by atoms with Crippen LogP contribution in [0, 0.1) is 0 Å². The molecule has 0 atom stereocenters. The van der Waals surface area contributed by atoms with Crippen LogP contribution in [0.25, 0.3) is 0 Å². The van der Waals surface area contributed by atoms with Crippen molar-refractivity contribution in [2.45, 2.75) is 13.1 Å². The molecule has 2 aromatic rings. The lowest BCUT2D eigenvalue weighted by Crippen LogP contribution is -2.46. The summed E-state index contributed by atoms with van der Waals surface area (Å²) >= 11 is 0. The van der Waals surface area contributed by atoms with Gasteiger partial charge in [-0.2, -0.15) is 0 Å². The second-order valence-electron chi connectivity index (χ2n) is 4.90. The highest BCUT2D eigenvalue weighted by Gasteiger charge is 2.30. The number of anilines is 2. The van der Waals surface area contributed by atoms with Gasteiger partial charge in [-0.05, 0) is 11.1 Å². The van der Waals surface area contributed by atoms with Gasteiger partial charge >= 0.3 is 0 Å². The standard InChI is InChI=1S/C14H13N3O3.ClH/c15-4-7-1-2-9-8(3-7)5-17(6-10(9)18)12-11(16)13(19)14(12)20;/h1-3H,4-6,15-16H2;1H. The average Bonchev–Trinajstić information content (AvgIpc) is 2.46. The Morgan fingerprint density at radius 2 is 1.81 bits per heavy atom. The quantitative estimate of drug-likeness (QED) is 0.753. The maximum Gasteiger partial charge on any atom is 0.253 e. The molecule has 3 rings (SSSR count). The van der Waals surface area contributed by atoms with Crippen LogP contribution in [-0.2, 0) is 13.1 Å². The number of nitrogen functional groups attached to an aromatic ring is 1. The molecule has 0 aromatic heterocycles. The zero-order valence-corrected chi connectivity index (χ0v) is 11.9. The van der Waals surface area contributed by atoms with Gasteiger partial charge in [0.25, 0.3) is 10.9 Å². The van der Waals surface area contributed by atoms with Crippen LogP contribution in [0.15, 0.2) is 27.8 Å². The largest absolute Gasteiger partial charge is 0.394 e. The summed E-state index contributed by atoms with van der Waals surface area (Å²) in [7, 11) is 0. The van der Waals surface area contributed by atoms with E-state index in [1.165, 1.54) is 0 Å². The zero-order chi connectivity index (χ0) is 14.4. The fourth-order valence-corrected chi connectivity index (χ4v) is 2.57. The number of nitrogens with two attached hydrogens (primary N) is 2. The molecule has 0 spiro atoms. The zero-order valence-electron chi connectivity index (χ0n) is 11.1. The van der Waals surface area contributed by atoms with Crippen LogP contribution in [0.3, 0.4) is 0 Å². The first-order chi connectivity index (χ1) is 9.52. The molecule has 0 radical (unpaired) electrons. The third-order valence-electron chi connectivity index (χ3n) is 3.64. The lowest BCUT2D eigenvalue weighted by molar-refractivity contribution is 0.0992. The fourth-order valence-electron chi connectivity index (χ4n) is 2.57. The summed E-state index contributed by atoms with van der Waals surface area (Å²) in [6.45, 7) is 0.817. The van der Waals surface area contributed by atoms with E-state index in [-0.39, 0.29) is 36.1 Å². The van der Waals surface area contributed by atoms with E-state index in [0.29, 0.717) is 18.7 Å². The Bertz CT molecular complexity index is 793. The van der Waals surface area contributed by atoms with Gasteiger partial charge in [0.1, 0.15) is 11.4 Å².